The lowest BCUT2D eigenvalue weighted by Crippen LogP contribution is -2.47. The third-order valence-corrected chi connectivity index (χ3v) is 4.42. The van der Waals surface area contributed by atoms with Crippen LogP contribution in [0.25, 0.3) is 0 Å². The minimum atomic E-state index is 0.367. The normalized spacial score (nSPS) is 33.6. The monoisotopic (exact) mass is 223 g/mol. The Morgan fingerprint density at radius 3 is 2.31 bits per heavy atom. The fourth-order valence-corrected chi connectivity index (χ4v) is 3.15. The van der Waals surface area contributed by atoms with Crippen molar-refractivity contribution in [3.05, 3.63) is 0 Å². The number of nitrogens with two attached hydrogens (primary N) is 1. The smallest absolute Gasteiger partial charge is 0.0911 e. The molecular formula is C13H25N3. The van der Waals surface area contributed by atoms with Gasteiger partial charge in [-0.05, 0) is 44.9 Å². The van der Waals surface area contributed by atoms with Crippen LogP contribution >= 0.6 is 0 Å². The molecule has 1 aliphatic heterocycles. The molecule has 0 aromatic heterocycles. The Morgan fingerprint density at radius 2 is 1.88 bits per heavy atom. The van der Waals surface area contributed by atoms with Crippen LogP contribution in [-0.2, 0) is 0 Å². The molecule has 0 aromatic rings. The van der Waals surface area contributed by atoms with Crippen molar-refractivity contribution in [3.8, 4) is 0 Å². The predicted octanol–water partition coefficient (Wildman–Crippen LogP) is 2.36. The minimum Gasteiger partial charge on any atom is -0.388 e. The van der Waals surface area contributed by atoms with Crippen LogP contribution in [0.1, 0.15) is 52.4 Å². The molecule has 0 amide bonds. The van der Waals surface area contributed by atoms with E-state index in [2.05, 4.69) is 18.7 Å². The van der Waals surface area contributed by atoms with Gasteiger partial charge in [-0.2, -0.15) is 0 Å². The molecule has 0 radical (unpaired) electrons. The third-order valence-electron chi connectivity index (χ3n) is 4.42. The molecule has 3 nitrogen and oxygen atoms in total. The van der Waals surface area contributed by atoms with Crippen molar-refractivity contribution in [3.63, 3.8) is 0 Å². The van der Waals surface area contributed by atoms with E-state index >= 15 is 0 Å². The summed E-state index contributed by atoms with van der Waals surface area (Å²) in [5, 5.41) is 7.47. The zero-order valence-corrected chi connectivity index (χ0v) is 10.6. The highest BCUT2D eigenvalue weighted by atomic mass is 15.2. The summed E-state index contributed by atoms with van der Waals surface area (Å²) in [7, 11) is 0. The number of hydrogen-bond donors (Lipinski definition) is 2. The molecule has 2 rings (SSSR count). The lowest BCUT2D eigenvalue weighted by atomic mass is 9.93. The Hall–Kier alpha value is -0.570. The number of likely N-dealkylation sites (tertiary alicyclic amines) is 1. The summed E-state index contributed by atoms with van der Waals surface area (Å²) in [5.41, 5.74) is 5.92. The van der Waals surface area contributed by atoms with E-state index in [1.165, 1.54) is 32.1 Å². The van der Waals surface area contributed by atoms with Gasteiger partial charge in [0.2, 0.25) is 0 Å². The maximum absolute atomic E-state index is 7.47. The molecule has 2 fully saturated rings. The summed E-state index contributed by atoms with van der Waals surface area (Å²) in [6.45, 7) is 5.86. The molecule has 2 unspecified atom stereocenters. The molecule has 16 heavy (non-hydrogen) atoms. The molecule has 0 aromatic carbocycles. The van der Waals surface area contributed by atoms with Crippen molar-refractivity contribution in [1.29, 1.82) is 5.41 Å². The van der Waals surface area contributed by atoms with Gasteiger partial charge in [0.1, 0.15) is 0 Å². The lowest BCUT2D eigenvalue weighted by molar-refractivity contribution is 0.0795. The summed E-state index contributed by atoms with van der Waals surface area (Å²) in [5.74, 6) is 0.370. The standard InChI is InChI=1S/C13H25N3/c1-10-4-3-5-11(2)16(10)9-13(6-7-13)8-12(14)15/h10-11H,3-9H2,1-2H3,(H3,14,15). The van der Waals surface area contributed by atoms with E-state index in [4.69, 9.17) is 11.1 Å². The zero-order chi connectivity index (χ0) is 11.8. The lowest BCUT2D eigenvalue weighted by Gasteiger charge is -2.41. The Balaban J connectivity index is 1.94. The number of piperidine rings is 1. The van der Waals surface area contributed by atoms with Gasteiger partial charge in [-0.1, -0.05) is 6.42 Å². The van der Waals surface area contributed by atoms with Gasteiger partial charge in [-0.25, -0.2) is 0 Å². The Bertz CT molecular complexity index is 260. The van der Waals surface area contributed by atoms with Gasteiger partial charge in [-0.15, -0.1) is 0 Å². The second kappa shape index (κ2) is 4.36. The number of hydrogen-bond acceptors (Lipinski definition) is 2. The fourth-order valence-electron chi connectivity index (χ4n) is 3.15. The molecule has 3 N–H and O–H groups in total. The Kier molecular flexibility index (Phi) is 3.24. The van der Waals surface area contributed by atoms with Crippen LogP contribution in [0.2, 0.25) is 0 Å². The van der Waals surface area contributed by atoms with E-state index in [1.54, 1.807) is 0 Å². The molecule has 3 heteroatoms. The molecule has 1 saturated heterocycles. The van der Waals surface area contributed by atoms with Crippen molar-refractivity contribution in [2.24, 2.45) is 11.1 Å². The van der Waals surface area contributed by atoms with Gasteiger partial charge < -0.3 is 5.73 Å². The van der Waals surface area contributed by atoms with E-state index in [9.17, 15) is 0 Å². The molecule has 0 spiro atoms. The second-order valence-electron chi connectivity index (χ2n) is 6.00. The molecule has 1 aliphatic carbocycles. The first-order valence-corrected chi connectivity index (χ1v) is 6.61. The van der Waals surface area contributed by atoms with Gasteiger partial charge >= 0.3 is 0 Å². The van der Waals surface area contributed by atoms with E-state index in [0.717, 1.165) is 13.0 Å². The number of nitrogens with one attached hydrogen (secondary N) is 1. The molecule has 2 atom stereocenters. The highest BCUT2D eigenvalue weighted by molar-refractivity contribution is 5.78. The number of amidine groups is 1. The van der Waals surface area contributed by atoms with Crippen molar-refractivity contribution in [2.75, 3.05) is 6.54 Å². The summed E-state index contributed by atoms with van der Waals surface area (Å²) >= 11 is 0. The SMILES string of the molecule is CC1CCCC(C)N1CC1(CC(=N)N)CC1. The van der Waals surface area contributed by atoms with E-state index in [1.807, 2.05) is 0 Å². The topological polar surface area (TPSA) is 53.1 Å². The van der Waals surface area contributed by atoms with E-state index in [0.29, 0.717) is 23.3 Å². The highest BCUT2D eigenvalue weighted by Gasteiger charge is 2.45. The van der Waals surface area contributed by atoms with Crippen molar-refractivity contribution in [2.45, 2.75) is 64.5 Å². The van der Waals surface area contributed by atoms with Crippen LogP contribution in [-0.4, -0.2) is 29.4 Å². The van der Waals surface area contributed by atoms with Crippen molar-refractivity contribution < 1.29 is 0 Å². The predicted molar refractivity (Wildman–Crippen MR) is 67.7 cm³/mol. The quantitative estimate of drug-likeness (QED) is 0.568. The van der Waals surface area contributed by atoms with Gasteiger partial charge in [-0.3, -0.25) is 10.3 Å². The number of nitrogens with zero attached hydrogens (tertiary/aromatic N) is 1. The summed E-state index contributed by atoms with van der Waals surface area (Å²) in [6.07, 6.45) is 7.38. The highest BCUT2D eigenvalue weighted by Crippen LogP contribution is 2.50. The van der Waals surface area contributed by atoms with Crippen LogP contribution < -0.4 is 5.73 Å². The van der Waals surface area contributed by atoms with Crippen LogP contribution in [0.5, 0.6) is 0 Å². The molecular weight excluding hydrogens is 198 g/mol. The average Bonchev–Trinajstić information content (AvgIpc) is 2.91. The largest absolute Gasteiger partial charge is 0.388 e. The average molecular weight is 223 g/mol. The molecule has 92 valence electrons. The van der Waals surface area contributed by atoms with Crippen LogP contribution in [0.4, 0.5) is 0 Å². The van der Waals surface area contributed by atoms with Crippen LogP contribution in [0.3, 0.4) is 0 Å². The third kappa shape index (κ3) is 2.57. The Morgan fingerprint density at radius 1 is 1.31 bits per heavy atom. The van der Waals surface area contributed by atoms with Crippen LogP contribution in [0, 0.1) is 10.8 Å². The molecule has 1 heterocycles. The van der Waals surface area contributed by atoms with Gasteiger partial charge in [0.05, 0.1) is 5.84 Å². The first-order chi connectivity index (χ1) is 7.52. The molecule has 1 saturated carbocycles. The van der Waals surface area contributed by atoms with Gasteiger partial charge in [0.25, 0.3) is 0 Å². The second-order valence-corrected chi connectivity index (χ2v) is 6.00. The van der Waals surface area contributed by atoms with Crippen molar-refractivity contribution in [1.82, 2.24) is 4.90 Å². The summed E-state index contributed by atoms with van der Waals surface area (Å²) in [4.78, 5) is 2.65. The first-order valence-electron chi connectivity index (χ1n) is 6.61. The zero-order valence-electron chi connectivity index (χ0n) is 10.6. The minimum absolute atomic E-state index is 0.367. The fraction of sp³-hybridized carbons (Fsp3) is 0.923. The van der Waals surface area contributed by atoms with E-state index < -0.39 is 0 Å². The first kappa shape index (κ1) is 11.9. The van der Waals surface area contributed by atoms with Gasteiger partial charge in [0.15, 0.2) is 0 Å². The number of rotatable bonds is 4. The molecule has 0 bridgehead atoms. The maximum Gasteiger partial charge on any atom is 0.0911 e. The molecule has 2 aliphatic rings. The van der Waals surface area contributed by atoms with Crippen LogP contribution in [0.15, 0.2) is 0 Å². The summed E-state index contributed by atoms with van der Waals surface area (Å²) < 4.78 is 0. The maximum atomic E-state index is 7.47. The van der Waals surface area contributed by atoms with E-state index in [-0.39, 0.29) is 0 Å². The van der Waals surface area contributed by atoms with Gasteiger partial charge in [0, 0.05) is 25.0 Å². The Labute approximate surface area is 98.9 Å². The van der Waals surface area contributed by atoms with Crippen molar-refractivity contribution >= 4 is 5.84 Å². The summed E-state index contributed by atoms with van der Waals surface area (Å²) in [6, 6.07) is 1.43.